The van der Waals surface area contributed by atoms with Crippen molar-refractivity contribution < 1.29 is 0 Å². The third-order valence-corrected chi connectivity index (χ3v) is 2.89. The van der Waals surface area contributed by atoms with Crippen molar-refractivity contribution in [2.75, 3.05) is 20.1 Å². The Morgan fingerprint density at radius 2 is 2.36 bits per heavy atom. The van der Waals surface area contributed by atoms with Gasteiger partial charge in [-0.2, -0.15) is 5.10 Å². The Morgan fingerprint density at radius 1 is 1.64 bits per heavy atom. The summed E-state index contributed by atoms with van der Waals surface area (Å²) in [7, 11) is 4.18. The molecule has 4 heteroatoms. The van der Waals surface area contributed by atoms with Crippen molar-refractivity contribution in [3.8, 4) is 0 Å². The van der Waals surface area contributed by atoms with Gasteiger partial charge >= 0.3 is 0 Å². The van der Waals surface area contributed by atoms with Crippen molar-refractivity contribution in [3.63, 3.8) is 0 Å². The van der Waals surface area contributed by atoms with E-state index >= 15 is 0 Å². The zero-order valence-electron chi connectivity index (χ0n) is 9.12. The van der Waals surface area contributed by atoms with Crippen LogP contribution in [0.3, 0.4) is 0 Å². The van der Waals surface area contributed by atoms with Gasteiger partial charge < -0.3 is 5.32 Å². The minimum atomic E-state index is 0.699. The topological polar surface area (TPSA) is 33.1 Å². The van der Waals surface area contributed by atoms with E-state index in [2.05, 4.69) is 28.4 Å². The number of likely N-dealkylation sites (N-methyl/N-ethyl adjacent to an activating group) is 1. The quantitative estimate of drug-likeness (QED) is 0.742. The van der Waals surface area contributed by atoms with Crippen LogP contribution in [0.2, 0.25) is 0 Å². The third-order valence-electron chi connectivity index (χ3n) is 2.89. The molecule has 2 rings (SSSR count). The summed E-state index contributed by atoms with van der Waals surface area (Å²) in [5.74, 6) is 0. The molecule has 14 heavy (non-hydrogen) atoms. The normalized spacial score (nSPS) is 17.4. The molecule has 1 aliphatic heterocycles. The van der Waals surface area contributed by atoms with Crippen LogP contribution in [0.4, 0.5) is 0 Å². The first-order valence-electron chi connectivity index (χ1n) is 5.07. The molecule has 0 bridgehead atoms. The van der Waals surface area contributed by atoms with E-state index in [4.69, 9.17) is 0 Å². The van der Waals surface area contributed by atoms with E-state index in [-0.39, 0.29) is 0 Å². The summed E-state index contributed by atoms with van der Waals surface area (Å²) in [4.78, 5) is 2.38. The highest BCUT2D eigenvalue weighted by Crippen LogP contribution is 2.09. The van der Waals surface area contributed by atoms with Crippen molar-refractivity contribution in [3.05, 3.63) is 17.5 Å². The lowest BCUT2D eigenvalue weighted by Crippen LogP contribution is -2.55. The first kappa shape index (κ1) is 9.68. The molecule has 0 aromatic carbocycles. The van der Waals surface area contributed by atoms with Gasteiger partial charge in [-0.25, -0.2) is 0 Å². The molecule has 1 N–H and O–H groups in total. The van der Waals surface area contributed by atoms with Crippen molar-refractivity contribution in [2.24, 2.45) is 7.05 Å². The van der Waals surface area contributed by atoms with E-state index in [0.717, 1.165) is 25.3 Å². The highest BCUT2D eigenvalue weighted by molar-refractivity contribution is 5.08. The lowest BCUT2D eigenvalue weighted by Gasteiger charge is -2.35. The average Bonchev–Trinajstić information content (AvgIpc) is 2.26. The maximum absolute atomic E-state index is 4.34. The molecule has 0 spiro atoms. The fourth-order valence-corrected chi connectivity index (χ4v) is 1.78. The molecule has 0 saturated carbocycles. The number of aromatic nitrogens is 2. The Bertz CT molecular complexity index is 314. The standard InChI is InChI=1S/C10H18N4/c1-8-4-9(14(3)12-8)7-13(2)10-5-11-6-10/h4,10-11H,5-7H2,1-3H3. The number of hydrogen-bond acceptors (Lipinski definition) is 3. The van der Waals surface area contributed by atoms with Crippen LogP contribution in [0.25, 0.3) is 0 Å². The molecule has 0 radical (unpaired) electrons. The fraction of sp³-hybridized carbons (Fsp3) is 0.700. The Hall–Kier alpha value is -0.870. The molecule has 1 aliphatic rings. The zero-order valence-corrected chi connectivity index (χ0v) is 9.12. The van der Waals surface area contributed by atoms with Crippen molar-refractivity contribution in [2.45, 2.75) is 19.5 Å². The molecule has 1 aromatic heterocycles. The molecule has 0 amide bonds. The molecule has 0 unspecified atom stereocenters. The second-order valence-electron chi connectivity index (χ2n) is 4.13. The monoisotopic (exact) mass is 194 g/mol. The van der Waals surface area contributed by atoms with Gasteiger partial charge in [-0.1, -0.05) is 0 Å². The summed E-state index contributed by atoms with van der Waals surface area (Å²) in [5, 5.41) is 7.63. The van der Waals surface area contributed by atoms with Gasteiger partial charge in [-0.15, -0.1) is 0 Å². The molecule has 4 nitrogen and oxygen atoms in total. The molecular formula is C10H18N4. The predicted molar refractivity (Wildman–Crippen MR) is 56.1 cm³/mol. The highest BCUT2D eigenvalue weighted by Gasteiger charge is 2.21. The molecule has 78 valence electrons. The van der Waals surface area contributed by atoms with Gasteiger partial charge in [0.25, 0.3) is 0 Å². The van der Waals surface area contributed by atoms with Gasteiger partial charge in [0.2, 0.25) is 0 Å². The summed E-state index contributed by atoms with van der Waals surface area (Å²) >= 11 is 0. The minimum absolute atomic E-state index is 0.699. The second-order valence-corrected chi connectivity index (χ2v) is 4.13. The molecule has 1 saturated heterocycles. The SMILES string of the molecule is Cc1cc(CN(C)C2CNC2)n(C)n1. The molecule has 2 heterocycles. The zero-order chi connectivity index (χ0) is 10.1. The number of aryl methyl sites for hydroxylation is 2. The number of nitrogens with zero attached hydrogens (tertiary/aromatic N) is 3. The molecule has 0 aliphatic carbocycles. The summed E-state index contributed by atoms with van der Waals surface area (Å²) in [5.41, 5.74) is 2.39. The Balaban J connectivity index is 1.98. The first-order chi connectivity index (χ1) is 6.66. The fourth-order valence-electron chi connectivity index (χ4n) is 1.78. The van der Waals surface area contributed by atoms with Gasteiger partial charge in [0.05, 0.1) is 11.4 Å². The van der Waals surface area contributed by atoms with E-state index in [1.54, 1.807) is 0 Å². The number of hydrogen-bond donors (Lipinski definition) is 1. The second kappa shape index (κ2) is 3.71. The molecule has 1 fully saturated rings. The van der Waals surface area contributed by atoms with Crippen LogP contribution < -0.4 is 5.32 Å². The van der Waals surface area contributed by atoms with Crippen LogP contribution in [-0.4, -0.2) is 40.9 Å². The van der Waals surface area contributed by atoms with E-state index in [9.17, 15) is 0 Å². The minimum Gasteiger partial charge on any atom is -0.314 e. The third kappa shape index (κ3) is 1.81. The largest absolute Gasteiger partial charge is 0.314 e. The van der Waals surface area contributed by atoms with Crippen molar-refractivity contribution >= 4 is 0 Å². The van der Waals surface area contributed by atoms with Gasteiger partial charge in [0, 0.05) is 32.7 Å². The molecular weight excluding hydrogens is 176 g/mol. The Morgan fingerprint density at radius 3 is 2.79 bits per heavy atom. The van der Waals surface area contributed by atoms with Crippen LogP contribution in [0, 0.1) is 6.92 Å². The summed E-state index contributed by atoms with van der Waals surface area (Å²) in [6, 6.07) is 2.85. The van der Waals surface area contributed by atoms with E-state index in [1.807, 2.05) is 18.7 Å². The van der Waals surface area contributed by atoms with Gasteiger partial charge in [0.1, 0.15) is 0 Å². The predicted octanol–water partition coefficient (Wildman–Crippen LogP) is 0.132. The van der Waals surface area contributed by atoms with Crippen LogP contribution in [0.5, 0.6) is 0 Å². The highest BCUT2D eigenvalue weighted by atomic mass is 15.3. The smallest absolute Gasteiger partial charge is 0.0597 e. The summed E-state index contributed by atoms with van der Waals surface area (Å²) < 4.78 is 1.97. The van der Waals surface area contributed by atoms with Crippen LogP contribution in [-0.2, 0) is 13.6 Å². The molecule has 1 aromatic rings. The maximum atomic E-state index is 4.34. The Kier molecular flexibility index (Phi) is 2.56. The van der Waals surface area contributed by atoms with Gasteiger partial charge in [0.15, 0.2) is 0 Å². The van der Waals surface area contributed by atoms with Crippen LogP contribution >= 0.6 is 0 Å². The van der Waals surface area contributed by atoms with Crippen molar-refractivity contribution in [1.82, 2.24) is 20.0 Å². The van der Waals surface area contributed by atoms with Crippen molar-refractivity contribution in [1.29, 1.82) is 0 Å². The number of rotatable bonds is 3. The first-order valence-corrected chi connectivity index (χ1v) is 5.07. The van der Waals surface area contributed by atoms with Crippen LogP contribution in [0.15, 0.2) is 6.07 Å². The van der Waals surface area contributed by atoms with E-state index < -0.39 is 0 Å². The Labute approximate surface area is 84.9 Å². The molecule has 0 atom stereocenters. The lowest BCUT2D eigenvalue weighted by molar-refractivity contribution is 0.169. The maximum Gasteiger partial charge on any atom is 0.0597 e. The van der Waals surface area contributed by atoms with Gasteiger partial charge in [-0.3, -0.25) is 9.58 Å². The summed E-state index contributed by atoms with van der Waals surface area (Å²) in [6.07, 6.45) is 0. The van der Waals surface area contributed by atoms with Gasteiger partial charge in [-0.05, 0) is 20.0 Å². The average molecular weight is 194 g/mol. The lowest BCUT2D eigenvalue weighted by atomic mass is 10.1. The van der Waals surface area contributed by atoms with Crippen LogP contribution in [0.1, 0.15) is 11.4 Å². The number of nitrogens with one attached hydrogen (secondary N) is 1. The van der Waals surface area contributed by atoms with E-state index in [1.165, 1.54) is 5.69 Å². The van der Waals surface area contributed by atoms with E-state index in [0.29, 0.717) is 6.04 Å². The summed E-state index contributed by atoms with van der Waals surface area (Å²) in [6.45, 7) is 5.26.